The highest BCUT2D eigenvalue weighted by Crippen LogP contribution is 2.40. The van der Waals surface area contributed by atoms with Gasteiger partial charge in [0, 0.05) is 4.57 Å². The number of halogens is 3. The second kappa shape index (κ2) is 11.7. The van der Waals surface area contributed by atoms with Gasteiger partial charge in [0.15, 0.2) is 23.9 Å². The first kappa shape index (κ1) is 25.4. The molecule has 0 aliphatic rings. The average Bonchev–Trinajstić information content (AvgIpc) is 2.75. The van der Waals surface area contributed by atoms with Gasteiger partial charge in [0.05, 0.1) is 28.4 Å². The Labute approximate surface area is 196 Å². The molecule has 0 N–H and O–H groups in total. The highest BCUT2D eigenvalue weighted by molar-refractivity contribution is 7.33. The minimum absolute atomic E-state index is 0.208. The fourth-order valence-corrected chi connectivity index (χ4v) is 3.54. The van der Waals surface area contributed by atoms with Gasteiger partial charge in [-0.2, -0.15) is 0 Å². The van der Waals surface area contributed by atoms with Crippen LogP contribution in [0.2, 0.25) is 0 Å². The normalized spacial score (nSPS) is 11.9. The first-order valence-electron chi connectivity index (χ1n) is 8.71. The minimum atomic E-state index is -2.58. The summed E-state index contributed by atoms with van der Waals surface area (Å²) < 4.78 is 41.9. The SMILES string of the molecule is COc1ccc(/C=C\c2cc(OC)c(OC)c(OC)c2)cc1O[P+](=O)OCC(Cl)(Cl)Cl. The predicted molar refractivity (Wildman–Crippen MR) is 122 cm³/mol. The van der Waals surface area contributed by atoms with E-state index < -0.39 is 18.7 Å². The van der Waals surface area contributed by atoms with Crippen LogP contribution >= 0.6 is 43.1 Å². The second-order valence-electron chi connectivity index (χ2n) is 5.91. The summed E-state index contributed by atoms with van der Waals surface area (Å²) in [6.07, 6.45) is 3.66. The van der Waals surface area contributed by atoms with Crippen LogP contribution in [0, 0.1) is 0 Å². The van der Waals surface area contributed by atoms with E-state index in [0.717, 1.165) is 11.1 Å². The molecule has 0 radical (unpaired) electrons. The lowest BCUT2D eigenvalue weighted by atomic mass is 10.1. The molecule has 0 aliphatic carbocycles. The Bertz CT molecular complexity index is 920. The van der Waals surface area contributed by atoms with Crippen molar-refractivity contribution in [1.29, 1.82) is 0 Å². The number of alkyl halides is 3. The van der Waals surface area contributed by atoms with Crippen molar-refractivity contribution in [2.75, 3.05) is 35.0 Å². The van der Waals surface area contributed by atoms with Crippen LogP contribution < -0.4 is 23.5 Å². The Morgan fingerprint density at radius 1 is 0.806 bits per heavy atom. The van der Waals surface area contributed by atoms with Crippen LogP contribution in [-0.2, 0) is 9.09 Å². The summed E-state index contributed by atoms with van der Waals surface area (Å²) in [7, 11) is 3.51. The average molecular weight is 511 g/mol. The van der Waals surface area contributed by atoms with Gasteiger partial charge in [-0.25, -0.2) is 4.52 Å². The van der Waals surface area contributed by atoms with E-state index in [1.807, 2.05) is 12.2 Å². The number of methoxy groups -OCH3 is 4. The van der Waals surface area contributed by atoms with Gasteiger partial charge < -0.3 is 18.9 Å². The van der Waals surface area contributed by atoms with E-state index >= 15 is 0 Å². The quantitative estimate of drug-likeness (QED) is 0.210. The molecule has 0 amide bonds. The van der Waals surface area contributed by atoms with Gasteiger partial charge in [-0.15, -0.1) is 4.52 Å². The van der Waals surface area contributed by atoms with Crippen LogP contribution in [0.1, 0.15) is 11.1 Å². The molecule has 0 bridgehead atoms. The third-order valence-corrected chi connectivity index (χ3v) is 4.86. The standard InChI is InChI=1S/C20H21Cl3O7P/c1-25-15-8-7-13(9-16(15)30-31(24)29-12-20(21,22)23)5-6-14-10-17(26-2)19(28-4)18(11-14)27-3/h5-11H,12H2,1-4H3/q+1/b6-5-. The molecule has 0 saturated carbocycles. The Hall–Kier alpha value is -1.89. The van der Waals surface area contributed by atoms with Crippen molar-refractivity contribution < 1.29 is 32.6 Å². The fourth-order valence-electron chi connectivity index (χ4n) is 2.49. The maximum absolute atomic E-state index is 12.0. The first-order valence-corrected chi connectivity index (χ1v) is 10.9. The molecule has 0 aromatic heterocycles. The molecule has 0 heterocycles. The van der Waals surface area contributed by atoms with Gasteiger partial charge in [0.1, 0.15) is 0 Å². The molecule has 2 aromatic rings. The highest BCUT2D eigenvalue weighted by atomic mass is 35.6. The van der Waals surface area contributed by atoms with Gasteiger partial charge >= 0.3 is 8.25 Å². The molecule has 0 aliphatic heterocycles. The van der Waals surface area contributed by atoms with Gasteiger partial charge in [0.25, 0.3) is 0 Å². The molecule has 1 unspecified atom stereocenters. The Balaban J connectivity index is 2.25. The molecule has 31 heavy (non-hydrogen) atoms. The van der Waals surface area contributed by atoms with Gasteiger partial charge in [-0.1, -0.05) is 53.0 Å². The Morgan fingerprint density at radius 3 is 1.87 bits per heavy atom. The second-order valence-corrected chi connectivity index (χ2v) is 9.31. The van der Waals surface area contributed by atoms with Crippen LogP contribution in [-0.4, -0.2) is 38.8 Å². The van der Waals surface area contributed by atoms with E-state index in [-0.39, 0.29) is 5.75 Å². The lowest BCUT2D eigenvalue weighted by Gasteiger charge is -2.12. The predicted octanol–water partition coefficient (Wildman–Crippen LogP) is 6.31. The smallest absolute Gasteiger partial charge is 0.493 e. The van der Waals surface area contributed by atoms with Crippen molar-refractivity contribution in [3.8, 4) is 28.7 Å². The maximum Gasteiger partial charge on any atom is 0.750 e. The molecular formula is C20H21Cl3O7P+. The number of hydrogen-bond acceptors (Lipinski definition) is 7. The van der Waals surface area contributed by atoms with Crippen molar-refractivity contribution in [2.24, 2.45) is 0 Å². The van der Waals surface area contributed by atoms with E-state index in [0.29, 0.717) is 23.0 Å². The van der Waals surface area contributed by atoms with E-state index in [2.05, 4.69) is 0 Å². The molecule has 2 rings (SSSR count). The summed E-state index contributed by atoms with van der Waals surface area (Å²) in [6.45, 7) is -0.393. The molecule has 2 aromatic carbocycles. The molecule has 0 fully saturated rings. The van der Waals surface area contributed by atoms with Crippen LogP contribution in [0.5, 0.6) is 28.7 Å². The number of rotatable bonds is 10. The van der Waals surface area contributed by atoms with Crippen molar-refractivity contribution in [1.82, 2.24) is 0 Å². The van der Waals surface area contributed by atoms with Crippen LogP contribution in [0.15, 0.2) is 30.3 Å². The largest absolute Gasteiger partial charge is 0.750 e. The zero-order chi connectivity index (χ0) is 23.0. The van der Waals surface area contributed by atoms with Crippen molar-refractivity contribution in [3.05, 3.63) is 41.5 Å². The van der Waals surface area contributed by atoms with Crippen LogP contribution in [0.4, 0.5) is 0 Å². The Kier molecular flexibility index (Phi) is 9.54. The van der Waals surface area contributed by atoms with Gasteiger partial charge in [-0.3, -0.25) is 0 Å². The lowest BCUT2D eigenvalue weighted by Crippen LogP contribution is -2.10. The summed E-state index contributed by atoms with van der Waals surface area (Å²) in [5.74, 6) is 2.14. The minimum Gasteiger partial charge on any atom is -0.493 e. The van der Waals surface area contributed by atoms with Gasteiger partial charge in [0.2, 0.25) is 15.3 Å². The zero-order valence-electron chi connectivity index (χ0n) is 17.2. The molecule has 168 valence electrons. The molecule has 1 atom stereocenters. The molecule has 0 saturated heterocycles. The fraction of sp³-hybridized carbons (Fsp3) is 0.300. The monoisotopic (exact) mass is 509 g/mol. The summed E-state index contributed by atoms with van der Waals surface area (Å²) in [4.78, 5) is 0. The van der Waals surface area contributed by atoms with Crippen molar-refractivity contribution in [2.45, 2.75) is 3.79 Å². The molecule has 11 heteroatoms. The topological polar surface area (TPSA) is 72.5 Å². The zero-order valence-corrected chi connectivity index (χ0v) is 20.3. The van der Waals surface area contributed by atoms with Crippen LogP contribution in [0.3, 0.4) is 0 Å². The third-order valence-electron chi connectivity index (χ3n) is 3.85. The number of benzene rings is 2. The third kappa shape index (κ3) is 7.63. The number of ether oxygens (including phenoxy) is 4. The summed E-state index contributed by atoms with van der Waals surface area (Å²) in [5.41, 5.74) is 1.55. The lowest BCUT2D eigenvalue weighted by molar-refractivity contribution is 0.288. The highest BCUT2D eigenvalue weighted by Gasteiger charge is 2.31. The number of hydrogen-bond donors (Lipinski definition) is 0. The van der Waals surface area contributed by atoms with Crippen molar-refractivity contribution >= 4 is 55.2 Å². The molecule has 0 spiro atoms. The van der Waals surface area contributed by atoms with E-state index in [1.165, 1.54) is 14.2 Å². The van der Waals surface area contributed by atoms with Crippen molar-refractivity contribution in [3.63, 3.8) is 0 Å². The van der Waals surface area contributed by atoms with E-state index in [4.69, 9.17) is 62.8 Å². The maximum atomic E-state index is 12.0. The van der Waals surface area contributed by atoms with E-state index in [1.54, 1.807) is 44.6 Å². The van der Waals surface area contributed by atoms with E-state index in [9.17, 15) is 4.57 Å². The van der Waals surface area contributed by atoms with Crippen LogP contribution in [0.25, 0.3) is 12.2 Å². The first-order chi connectivity index (χ1) is 14.7. The van der Waals surface area contributed by atoms with Gasteiger partial charge in [-0.05, 0) is 35.4 Å². The summed E-state index contributed by atoms with van der Waals surface area (Å²) in [5, 5.41) is 0. The summed E-state index contributed by atoms with van der Waals surface area (Å²) >= 11 is 16.8. The summed E-state index contributed by atoms with van der Waals surface area (Å²) in [6, 6.07) is 8.72. The Morgan fingerprint density at radius 2 is 1.35 bits per heavy atom. The molecule has 7 nitrogen and oxygen atoms in total. The molecular weight excluding hydrogens is 490 g/mol.